The zero-order chi connectivity index (χ0) is 14.5. The van der Waals surface area contributed by atoms with Gasteiger partial charge in [-0.15, -0.1) is 0 Å². The first-order valence-corrected chi connectivity index (χ1v) is 6.09. The molecule has 1 aliphatic rings. The van der Waals surface area contributed by atoms with Crippen molar-refractivity contribution in [2.75, 3.05) is 7.11 Å². The van der Waals surface area contributed by atoms with Crippen molar-refractivity contribution >= 4 is 18.0 Å². The molecule has 106 valence electrons. The number of carbonyl (C=O) groups is 2. The molecule has 7 heteroatoms. The molecular weight excluding hydrogens is 262 g/mol. The van der Waals surface area contributed by atoms with E-state index in [4.69, 9.17) is 4.74 Å². The van der Waals surface area contributed by atoms with Crippen molar-refractivity contribution in [3.05, 3.63) is 23.8 Å². The molecular formula is C13H15N3O4. The van der Waals surface area contributed by atoms with Crippen LogP contribution >= 0.6 is 0 Å². The lowest BCUT2D eigenvalue weighted by atomic mass is 10.2. The third-order valence-corrected chi connectivity index (χ3v) is 2.90. The standard InChI is InChI=1S/C13H15N3O4/c1-20-11-4-2-8(6-10(11)17)7-14-16-13(19)9-3-5-12(18)15-9/h2,4,6-7,9,17H,3,5H2,1H3,(H,15,18)(H,16,19)/b14-7+. The molecule has 3 N–H and O–H groups in total. The molecule has 1 heterocycles. The van der Waals surface area contributed by atoms with E-state index >= 15 is 0 Å². The van der Waals surface area contributed by atoms with Crippen molar-refractivity contribution in [3.8, 4) is 11.5 Å². The first-order chi connectivity index (χ1) is 9.60. The average Bonchev–Trinajstić information content (AvgIpc) is 2.85. The molecule has 0 bridgehead atoms. The average molecular weight is 277 g/mol. The second kappa shape index (κ2) is 6.05. The van der Waals surface area contributed by atoms with E-state index in [2.05, 4.69) is 15.8 Å². The van der Waals surface area contributed by atoms with Gasteiger partial charge in [0.25, 0.3) is 5.91 Å². The molecule has 1 unspecified atom stereocenters. The predicted molar refractivity (Wildman–Crippen MR) is 71.6 cm³/mol. The van der Waals surface area contributed by atoms with Gasteiger partial charge < -0.3 is 15.2 Å². The van der Waals surface area contributed by atoms with Crippen LogP contribution in [0, 0.1) is 0 Å². The lowest BCUT2D eigenvalue weighted by Crippen LogP contribution is -2.39. The van der Waals surface area contributed by atoms with Crippen LogP contribution in [0.1, 0.15) is 18.4 Å². The van der Waals surface area contributed by atoms with Crippen LogP contribution in [0.5, 0.6) is 11.5 Å². The van der Waals surface area contributed by atoms with E-state index in [1.807, 2.05) is 0 Å². The van der Waals surface area contributed by atoms with Gasteiger partial charge in [-0.25, -0.2) is 5.43 Å². The fourth-order valence-electron chi connectivity index (χ4n) is 1.85. The third-order valence-electron chi connectivity index (χ3n) is 2.90. The number of amides is 2. The van der Waals surface area contributed by atoms with Crippen molar-refractivity contribution in [2.45, 2.75) is 18.9 Å². The zero-order valence-electron chi connectivity index (χ0n) is 10.9. The highest BCUT2D eigenvalue weighted by Crippen LogP contribution is 2.25. The molecule has 2 rings (SSSR count). The van der Waals surface area contributed by atoms with Crippen LogP contribution in [-0.2, 0) is 9.59 Å². The molecule has 0 aliphatic carbocycles. The van der Waals surface area contributed by atoms with Gasteiger partial charge in [-0.1, -0.05) is 0 Å². The summed E-state index contributed by atoms with van der Waals surface area (Å²) in [5.74, 6) is -0.135. The Labute approximate surface area is 115 Å². The van der Waals surface area contributed by atoms with E-state index in [1.165, 1.54) is 19.4 Å². The number of rotatable bonds is 4. The second-order valence-electron chi connectivity index (χ2n) is 4.32. The highest BCUT2D eigenvalue weighted by atomic mass is 16.5. The number of methoxy groups -OCH3 is 1. The molecule has 0 radical (unpaired) electrons. The maximum Gasteiger partial charge on any atom is 0.262 e. The molecule has 1 saturated heterocycles. The number of aromatic hydroxyl groups is 1. The lowest BCUT2D eigenvalue weighted by molar-refractivity contribution is -0.125. The molecule has 0 aromatic heterocycles. The fourth-order valence-corrected chi connectivity index (χ4v) is 1.85. The molecule has 1 aromatic carbocycles. The molecule has 0 saturated carbocycles. The van der Waals surface area contributed by atoms with Crippen molar-refractivity contribution in [2.24, 2.45) is 5.10 Å². The molecule has 1 fully saturated rings. The predicted octanol–water partition coefficient (Wildman–Crippen LogP) is 0.129. The summed E-state index contributed by atoms with van der Waals surface area (Å²) in [6.07, 6.45) is 2.23. The van der Waals surface area contributed by atoms with Gasteiger partial charge in [0.1, 0.15) is 6.04 Å². The number of hydrazone groups is 1. The van der Waals surface area contributed by atoms with Crippen LogP contribution in [0.25, 0.3) is 0 Å². The van der Waals surface area contributed by atoms with E-state index in [0.29, 0.717) is 24.2 Å². The van der Waals surface area contributed by atoms with Crippen molar-refractivity contribution in [1.82, 2.24) is 10.7 Å². The Hall–Kier alpha value is -2.57. The quantitative estimate of drug-likeness (QED) is 0.538. The van der Waals surface area contributed by atoms with E-state index in [9.17, 15) is 14.7 Å². The number of hydrogen-bond donors (Lipinski definition) is 3. The first-order valence-electron chi connectivity index (χ1n) is 6.09. The number of phenols is 1. The van der Waals surface area contributed by atoms with Gasteiger partial charge in [-0.3, -0.25) is 9.59 Å². The van der Waals surface area contributed by atoms with Crippen molar-refractivity contribution in [3.63, 3.8) is 0 Å². The highest BCUT2D eigenvalue weighted by Gasteiger charge is 2.26. The number of nitrogens with zero attached hydrogens (tertiary/aromatic N) is 1. The summed E-state index contributed by atoms with van der Waals surface area (Å²) in [4.78, 5) is 22.6. The summed E-state index contributed by atoms with van der Waals surface area (Å²) in [5, 5.41) is 15.9. The van der Waals surface area contributed by atoms with Gasteiger partial charge in [0.15, 0.2) is 11.5 Å². The van der Waals surface area contributed by atoms with Gasteiger partial charge in [-0.05, 0) is 30.2 Å². The Morgan fingerprint density at radius 2 is 2.40 bits per heavy atom. The summed E-state index contributed by atoms with van der Waals surface area (Å²) in [5.41, 5.74) is 2.95. The fraction of sp³-hybridized carbons (Fsp3) is 0.308. The normalized spacial score (nSPS) is 18.1. The summed E-state index contributed by atoms with van der Waals surface area (Å²) in [6.45, 7) is 0. The Morgan fingerprint density at radius 1 is 1.60 bits per heavy atom. The van der Waals surface area contributed by atoms with Crippen LogP contribution in [0.15, 0.2) is 23.3 Å². The van der Waals surface area contributed by atoms with Crippen LogP contribution in [0.3, 0.4) is 0 Å². The van der Waals surface area contributed by atoms with Gasteiger partial charge >= 0.3 is 0 Å². The van der Waals surface area contributed by atoms with Crippen LogP contribution in [0.2, 0.25) is 0 Å². The highest BCUT2D eigenvalue weighted by molar-refractivity contribution is 5.91. The van der Waals surface area contributed by atoms with Gasteiger partial charge in [-0.2, -0.15) is 5.10 Å². The number of phenolic OH excluding ortho intramolecular Hbond substituents is 1. The SMILES string of the molecule is COc1ccc(/C=N/NC(=O)C2CCC(=O)N2)cc1O. The summed E-state index contributed by atoms with van der Waals surface area (Å²) < 4.78 is 4.92. The topological polar surface area (TPSA) is 100 Å². The largest absolute Gasteiger partial charge is 0.504 e. The van der Waals surface area contributed by atoms with Crippen LogP contribution in [-0.4, -0.2) is 36.3 Å². The molecule has 1 atom stereocenters. The number of nitrogens with one attached hydrogen (secondary N) is 2. The molecule has 2 amide bonds. The van der Waals surface area contributed by atoms with Crippen molar-refractivity contribution < 1.29 is 19.4 Å². The zero-order valence-corrected chi connectivity index (χ0v) is 10.9. The first kappa shape index (κ1) is 13.9. The maximum absolute atomic E-state index is 11.6. The van der Waals surface area contributed by atoms with Crippen LogP contribution in [0.4, 0.5) is 0 Å². The third kappa shape index (κ3) is 3.25. The molecule has 0 spiro atoms. The lowest BCUT2D eigenvalue weighted by Gasteiger charge is -2.07. The number of carbonyl (C=O) groups excluding carboxylic acids is 2. The Kier molecular flexibility index (Phi) is 4.19. The maximum atomic E-state index is 11.6. The van der Waals surface area contributed by atoms with Crippen LogP contribution < -0.4 is 15.5 Å². The Balaban J connectivity index is 1.91. The molecule has 20 heavy (non-hydrogen) atoms. The second-order valence-corrected chi connectivity index (χ2v) is 4.32. The summed E-state index contributed by atoms with van der Waals surface area (Å²) in [7, 11) is 1.46. The van der Waals surface area contributed by atoms with E-state index < -0.39 is 6.04 Å². The summed E-state index contributed by atoms with van der Waals surface area (Å²) in [6, 6.07) is 4.22. The number of benzene rings is 1. The number of ether oxygens (including phenoxy) is 1. The number of hydrogen-bond acceptors (Lipinski definition) is 5. The minimum Gasteiger partial charge on any atom is -0.504 e. The molecule has 1 aromatic rings. The van der Waals surface area contributed by atoms with Crippen molar-refractivity contribution in [1.29, 1.82) is 0 Å². The van der Waals surface area contributed by atoms with E-state index in [-0.39, 0.29) is 17.6 Å². The monoisotopic (exact) mass is 277 g/mol. The summed E-state index contributed by atoms with van der Waals surface area (Å²) >= 11 is 0. The Morgan fingerprint density at radius 3 is 3.00 bits per heavy atom. The Bertz CT molecular complexity index is 557. The molecule has 7 nitrogen and oxygen atoms in total. The van der Waals surface area contributed by atoms with Gasteiger partial charge in [0.05, 0.1) is 13.3 Å². The minimum absolute atomic E-state index is 0.00849. The minimum atomic E-state index is -0.524. The molecule has 1 aliphatic heterocycles. The van der Waals surface area contributed by atoms with Gasteiger partial charge in [0.2, 0.25) is 5.91 Å². The smallest absolute Gasteiger partial charge is 0.262 e. The van der Waals surface area contributed by atoms with E-state index in [0.717, 1.165) is 0 Å². The van der Waals surface area contributed by atoms with E-state index in [1.54, 1.807) is 12.1 Å². The van der Waals surface area contributed by atoms with Gasteiger partial charge in [0, 0.05) is 6.42 Å².